The van der Waals surface area contributed by atoms with Gasteiger partial charge in [0.15, 0.2) is 5.82 Å². The SMILES string of the molecule is Cc1cc(C)n(-c2cc(NCCNC(=O)Nc3cccc(OC(F)F)c3)ncn2)n1. The number of anilines is 2. The minimum absolute atomic E-state index is 0.0355. The summed E-state index contributed by atoms with van der Waals surface area (Å²) in [6.07, 6.45) is 1.43. The van der Waals surface area contributed by atoms with Gasteiger partial charge in [0.2, 0.25) is 0 Å². The van der Waals surface area contributed by atoms with E-state index in [4.69, 9.17) is 0 Å². The van der Waals surface area contributed by atoms with Crippen molar-refractivity contribution >= 4 is 17.5 Å². The number of hydrogen-bond donors (Lipinski definition) is 3. The number of halogens is 2. The molecule has 0 atom stereocenters. The summed E-state index contributed by atoms with van der Waals surface area (Å²) < 4.78 is 30.5. The van der Waals surface area contributed by atoms with Crippen LogP contribution in [0.4, 0.5) is 25.1 Å². The number of aromatic nitrogens is 4. The summed E-state index contributed by atoms with van der Waals surface area (Å²) in [6.45, 7) is 1.63. The maximum atomic E-state index is 12.3. The molecule has 3 N–H and O–H groups in total. The molecular weight excluding hydrogens is 396 g/mol. The van der Waals surface area contributed by atoms with Crippen molar-refractivity contribution in [1.29, 1.82) is 0 Å². The van der Waals surface area contributed by atoms with Crippen molar-refractivity contribution in [3.8, 4) is 11.6 Å². The van der Waals surface area contributed by atoms with Crippen molar-refractivity contribution in [2.45, 2.75) is 20.5 Å². The molecule has 0 saturated heterocycles. The predicted octanol–water partition coefficient (Wildman–Crippen LogP) is 3.11. The topological polar surface area (TPSA) is 106 Å². The lowest BCUT2D eigenvalue weighted by atomic mass is 10.3. The molecule has 9 nitrogen and oxygen atoms in total. The maximum absolute atomic E-state index is 12.3. The standard InChI is InChI=1S/C19H21F2N7O2/c1-12-8-13(2)28(27-12)17-10-16(24-11-25-17)22-6-7-23-19(29)26-14-4-3-5-15(9-14)30-18(20)21/h3-5,8-11,18H,6-7H2,1-2H3,(H,22,24,25)(H2,23,26,29). The second-order valence-electron chi connectivity index (χ2n) is 6.31. The van der Waals surface area contributed by atoms with Crippen LogP contribution in [0, 0.1) is 13.8 Å². The zero-order valence-corrected chi connectivity index (χ0v) is 16.4. The molecule has 158 valence electrons. The van der Waals surface area contributed by atoms with Crippen LogP contribution in [0.25, 0.3) is 5.82 Å². The highest BCUT2D eigenvalue weighted by Crippen LogP contribution is 2.19. The van der Waals surface area contributed by atoms with Crippen LogP contribution in [0.1, 0.15) is 11.4 Å². The number of nitrogens with one attached hydrogen (secondary N) is 3. The molecule has 2 amide bonds. The number of aryl methyl sites for hydroxylation is 2. The van der Waals surface area contributed by atoms with E-state index in [-0.39, 0.29) is 5.75 Å². The summed E-state index contributed by atoms with van der Waals surface area (Å²) in [4.78, 5) is 20.3. The van der Waals surface area contributed by atoms with E-state index < -0.39 is 12.6 Å². The van der Waals surface area contributed by atoms with Crippen molar-refractivity contribution in [3.05, 3.63) is 54.1 Å². The number of nitrogens with zero attached hydrogens (tertiary/aromatic N) is 4. The lowest BCUT2D eigenvalue weighted by Crippen LogP contribution is -2.32. The van der Waals surface area contributed by atoms with Crippen molar-refractivity contribution in [3.63, 3.8) is 0 Å². The second kappa shape index (κ2) is 9.63. The molecule has 0 saturated carbocycles. The van der Waals surface area contributed by atoms with Gasteiger partial charge in [-0.2, -0.15) is 13.9 Å². The van der Waals surface area contributed by atoms with E-state index in [1.807, 2.05) is 19.9 Å². The predicted molar refractivity (Wildman–Crippen MR) is 107 cm³/mol. The van der Waals surface area contributed by atoms with Crippen molar-refractivity contribution in [2.24, 2.45) is 0 Å². The second-order valence-corrected chi connectivity index (χ2v) is 6.31. The summed E-state index contributed by atoms with van der Waals surface area (Å²) in [7, 11) is 0. The molecule has 0 aliphatic heterocycles. The number of hydrogen-bond acceptors (Lipinski definition) is 6. The van der Waals surface area contributed by atoms with Crippen LogP contribution in [0.3, 0.4) is 0 Å². The Labute approximate surface area is 171 Å². The molecule has 0 spiro atoms. The zero-order chi connectivity index (χ0) is 21.5. The Hall–Kier alpha value is -3.76. The third-order valence-electron chi connectivity index (χ3n) is 3.91. The molecule has 1 aromatic carbocycles. The number of urea groups is 1. The van der Waals surface area contributed by atoms with Gasteiger partial charge in [-0.05, 0) is 32.0 Å². The quantitative estimate of drug-likeness (QED) is 0.487. The third-order valence-corrected chi connectivity index (χ3v) is 3.91. The fourth-order valence-corrected chi connectivity index (χ4v) is 2.71. The van der Waals surface area contributed by atoms with Gasteiger partial charge in [-0.1, -0.05) is 6.07 Å². The van der Waals surface area contributed by atoms with Gasteiger partial charge in [0.05, 0.1) is 5.69 Å². The van der Waals surface area contributed by atoms with Crippen LogP contribution in [0.2, 0.25) is 0 Å². The maximum Gasteiger partial charge on any atom is 0.387 e. The third kappa shape index (κ3) is 5.87. The smallest absolute Gasteiger partial charge is 0.387 e. The van der Waals surface area contributed by atoms with Gasteiger partial charge in [-0.25, -0.2) is 19.4 Å². The van der Waals surface area contributed by atoms with E-state index in [1.165, 1.54) is 24.5 Å². The highest BCUT2D eigenvalue weighted by atomic mass is 19.3. The monoisotopic (exact) mass is 417 g/mol. The molecule has 0 aliphatic carbocycles. The first kappa shape index (κ1) is 21.0. The van der Waals surface area contributed by atoms with Gasteiger partial charge in [0, 0.05) is 36.6 Å². The first-order valence-electron chi connectivity index (χ1n) is 9.10. The fourth-order valence-electron chi connectivity index (χ4n) is 2.71. The minimum Gasteiger partial charge on any atom is -0.435 e. The molecule has 3 aromatic rings. The molecular formula is C19H21F2N7O2. The molecule has 3 rings (SSSR count). The van der Waals surface area contributed by atoms with E-state index in [9.17, 15) is 13.6 Å². The van der Waals surface area contributed by atoms with Crippen LogP contribution in [-0.4, -0.2) is 45.5 Å². The van der Waals surface area contributed by atoms with Crippen LogP contribution in [0.15, 0.2) is 42.7 Å². The highest BCUT2D eigenvalue weighted by molar-refractivity contribution is 5.89. The van der Waals surface area contributed by atoms with E-state index >= 15 is 0 Å². The molecule has 0 fully saturated rings. The average Bonchev–Trinajstić information content (AvgIpc) is 3.03. The number of benzene rings is 1. The molecule has 0 aliphatic rings. The summed E-state index contributed by atoms with van der Waals surface area (Å²) in [5.41, 5.74) is 2.18. The Morgan fingerprint density at radius 2 is 2.00 bits per heavy atom. The Bertz CT molecular complexity index is 1010. The molecule has 2 aromatic heterocycles. The lowest BCUT2D eigenvalue weighted by Gasteiger charge is -2.11. The molecule has 2 heterocycles. The Morgan fingerprint density at radius 1 is 1.17 bits per heavy atom. The molecule has 0 radical (unpaired) electrons. The average molecular weight is 417 g/mol. The lowest BCUT2D eigenvalue weighted by molar-refractivity contribution is -0.0497. The van der Waals surface area contributed by atoms with Crippen LogP contribution in [-0.2, 0) is 0 Å². The van der Waals surface area contributed by atoms with Gasteiger partial charge < -0.3 is 20.7 Å². The fraction of sp³-hybridized carbons (Fsp3) is 0.263. The van der Waals surface area contributed by atoms with Crippen molar-refractivity contribution in [1.82, 2.24) is 25.1 Å². The van der Waals surface area contributed by atoms with Crippen molar-refractivity contribution < 1.29 is 18.3 Å². The van der Waals surface area contributed by atoms with Gasteiger partial charge in [-0.3, -0.25) is 0 Å². The highest BCUT2D eigenvalue weighted by Gasteiger charge is 2.08. The Balaban J connectivity index is 1.46. The number of alkyl halides is 2. The van der Waals surface area contributed by atoms with Gasteiger partial charge >= 0.3 is 12.6 Å². The van der Waals surface area contributed by atoms with Gasteiger partial charge in [-0.15, -0.1) is 0 Å². The van der Waals surface area contributed by atoms with Crippen LogP contribution in [0.5, 0.6) is 5.75 Å². The first-order chi connectivity index (χ1) is 14.4. The van der Waals surface area contributed by atoms with Crippen molar-refractivity contribution in [2.75, 3.05) is 23.7 Å². The summed E-state index contributed by atoms with van der Waals surface area (Å²) in [5.74, 6) is 1.19. The number of carbonyl (C=O) groups is 1. The summed E-state index contributed by atoms with van der Waals surface area (Å²) >= 11 is 0. The normalized spacial score (nSPS) is 10.7. The Kier molecular flexibility index (Phi) is 6.73. The van der Waals surface area contributed by atoms with Gasteiger partial charge in [0.1, 0.15) is 17.9 Å². The van der Waals surface area contributed by atoms with Gasteiger partial charge in [0.25, 0.3) is 0 Å². The summed E-state index contributed by atoms with van der Waals surface area (Å²) in [5, 5.41) is 12.7. The molecule has 0 unspecified atom stereocenters. The number of ether oxygens (including phenoxy) is 1. The number of rotatable bonds is 8. The molecule has 0 bridgehead atoms. The Morgan fingerprint density at radius 3 is 2.73 bits per heavy atom. The number of carbonyl (C=O) groups excluding carboxylic acids is 1. The summed E-state index contributed by atoms with van der Waals surface area (Å²) in [6, 6.07) is 8.99. The van der Waals surface area contributed by atoms with E-state index in [0.717, 1.165) is 11.4 Å². The van der Waals surface area contributed by atoms with E-state index in [2.05, 4.69) is 35.8 Å². The molecule has 11 heteroatoms. The largest absolute Gasteiger partial charge is 0.435 e. The zero-order valence-electron chi connectivity index (χ0n) is 16.4. The van der Waals surface area contributed by atoms with Crippen LogP contribution >= 0.6 is 0 Å². The minimum atomic E-state index is -2.93. The van der Waals surface area contributed by atoms with Crippen LogP contribution < -0.4 is 20.7 Å². The first-order valence-corrected chi connectivity index (χ1v) is 9.10. The van der Waals surface area contributed by atoms with E-state index in [1.54, 1.807) is 16.8 Å². The molecule has 30 heavy (non-hydrogen) atoms. The number of amides is 2. The van der Waals surface area contributed by atoms with E-state index in [0.29, 0.717) is 30.4 Å².